The van der Waals surface area contributed by atoms with E-state index in [1.165, 1.54) is 21.3 Å². The van der Waals surface area contributed by atoms with Gasteiger partial charge in [-0.3, -0.25) is 4.79 Å². The van der Waals surface area contributed by atoms with Crippen LogP contribution in [-0.2, 0) is 0 Å². The van der Waals surface area contributed by atoms with Crippen LogP contribution in [0.3, 0.4) is 0 Å². The number of benzene rings is 3. The van der Waals surface area contributed by atoms with Gasteiger partial charge >= 0.3 is 0 Å². The average Bonchev–Trinajstić information content (AvgIpc) is 3.34. The first-order valence-electron chi connectivity index (χ1n) is 9.74. The van der Waals surface area contributed by atoms with Gasteiger partial charge in [0.05, 0.1) is 21.3 Å². The molecule has 0 aliphatic carbocycles. The second-order valence-corrected chi connectivity index (χ2v) is 6.74. The Bertz CT molecular complexity index is 1210. The maximum absolute atomic E-state index is 12.9. The lowest BCUT2D eigenvalue weighted by molar-refractivity contribution is 0.102. The SMILES string of the molecule is COc1cc(NC(=O)c2cccc(-c3nc(-c4ccccc4)no3)c2)cc(OC)c1OC. The van der Waals surface area contributed by atoms with Gasteiger partial charge in [0.15, 0.2) is 11.5 Å². The van der Waals surface area contributed by atoms with Gasteiger partial charge in [-0.05, 0) is 18.2 Å². The summed E-state index contributed by atoms with van der Waals surface area (Å²) in [5.41, 5.74) is 2.41. The molecule has 1 heterocycles. The minimum Gasteiger partial charge on any atom is -0.493 e. The third-order valence-corrected chi connectivity index (χ3v) is 4.75. The fraction of sp³-hybridized carbons (Fsp3) is 0.125. The molecule has 1 amide bonds. The predicted molar refractivity (Wildman–Crippen MR) is 119 cm³/mol. The van der Waals surface area contributed by atoms with Crippen molar-refractivity contribution in [2.24, 2.45) is 0 Å². The zero-order valence-electron chi connectivity index (χ0n) is 17.8. The Kier molecular flexibility index (Phi) is 6.03. The van der Waals surface area contributed by atoms with E-state index in [9.17, 15) is 4.79 Å². The highest BCUT2D eigenvalue weighted by atomic mass is 16.5. The highest BCUT2D eigenvalue weighted by molar-refractivity contribution is 6.05. The summed E-state index contributed by atoms with van der Waals surface area (Å²) in [6, 6.07) is 19.8. The first kappa shape index (κ1) is 20.9. The maximum atomic E-state index is 12.9. The molecule has 0 aliphatic rings. The lowest BCUT2D eigenvalue weighted by Gasteiger charge is -2.14. The van der Waals surface area contributed by atoms with Gasteiger partial charge in [0.1, 0.15) is 0 Å². The molecule has 8 heteroatoms. The van der Waals surface area contributed by atoms with Crippen molar-refractivity contribution in [3.63, 3.8) is 0 Å². The van der Waals surface area contributed by atoms with Crippen LogP contribution in [0.2, 0.25) is 0 Å². The van der Waals surface area contributed by atoms with Gasteiger partial charge in [0, 0.05) is 34.5 Å². The van der Waals surface area contributed by atoms with Crippen LogP contribution in [0.4, 0.5) is 5.69 Å². The maximum Gasteiger partial charge on any atom is 0.258 e. The molecule has 32 heavy (non-hydrogen) atoms. The Balaban J connectivity index is 1.58. The summed E-state index contributed by atoms with van der Waals surface area (Å²) < 4.78 is 21.4. The third kappa shape index (κ3) is 4.24. The molecule has 0 atom stereocenters. The summed E-state index contributed by atoms with van der Waals surface area (Å²) in [5.74, 6) is 1.81. The van der Waals surface area contributed by atoms with E-state index in [1.54, 1.807) is 36.4 Å². The number of carbonyl (C=O) groups is 1. The van der Waals surface area contributed by atoms with Gasteiger partial charge in [-0.1, -0.05) is 41.6 Å². The van der Waals surface area contributed by atoms with E-state index in [2.05, 4.69) is 15.5 Å². The molecule has 162 valence electrons. The Morgan fingerprint density at radius 3 is 2.19 bits per heavy atom. The van der Waals surface area contributed by atoms with E-state index >= 15 is 0 Å². The lowest BCUT2D eigenvalue weighted by Crippen LogP contribution is -2.12. The zero-order valence-corrected chi connectivity index (χ0v) is 17.8. The Hall–Kier alpha value is -4.33. The fourth-order valence-corrected chi connectivity index (χ4v) is 3.20. The molecule has 0 fully saturated rings. The molecule has 3 aromatic carbocycles. The number of amides is 1. The first-order chi connectivity index (χ1) is 15.6. The monoisotopic (exact) mass is 431 g/mol. The van der Waals surface area contributed by atoms with Gasteiger partial charge < -0.3 is 24.1 Å². The summed E-state index contributed by atoms with van der Waals surface area (Å²) in [6.07, 6.45) is 0. The number of nitrogens with zero attached hydrogens (tertiary/aromatic N) is 2. The van der Waals surface area contributed by atoms with Crippen molar-refractivity contribution in [2.75, 3.05) is 26.6 Å². The van der Waals surface area contributed by atoms with Crippen molar-refractivity contribution in [1.29, 1.82) is 0 Å². The summed E-state index contributed by atoms with van der Waals surface area (Å²) >= 11 is 0. The molecule has 0 aliphatic heterocycles. The van der Waals surface area contributed by atoms with Crippen molar-refractivity contribution in [1.82, 2.24) is 10.1 Å². The van der Waals surface area contributed by atoms with Crippen molar-refractivity contribution in [3.05, 3.63) is 72.3 Å². The van der Waals surface area contributed by atoms with Gasteiger partial charge in [0.2, 0.25) is 11.6 Å². The van der Waals surface area contributed by atoms with Crippen molar-refractivity contribution >= 4 is 11.6 Å². The molecule has 4 rings (SSSR count). The molecule has 1 aromatic heterocycles. The number of hydrogen-bond donors (Lipinski definition) is 1. The Morgan fingerprint density at radius 2 is 1.53 bits per heavy atom. The standard InChI is InChI=1S/C24H21N3O5/c1-29-19-13-18(14-20(30-2)21(19)31-3)25-23(28)16-10-7-11-17(12-16)24-26-22(27-32-24)15-8-5-4-6-9-15/h4-14H,1-3H3,(H,25,28). The largest absolute Gasteiger partial charge is 0.493 e. The second kappa shape index (κ2) is 9.22. The average molecular weight is 431 g/mol. The van der Waals surface area contributed by atoms with Crippen molar-refractivity contribution in [3.8, 4) is 40.1 Å². The number of methoxy groups -OCH3 is 3. The van der Waals surface area contributed by atoms with Crippen LogP contribution in [0, 0.1) is 0 Å². The van der Waals surface area contributed by atoms with Crippen LogP contribution in [0.1, 0.15) is 10.4 Å². The topological polar surface area (TPSA) is 95.7 Å². The third-order valence-electron chi connectivity index (χ3n) is 4.75. The van der Waals surface area contributed by atoms with Gasteiger partial charge in [-0.2, -0.15) is 4.98 Å². The number of hydrogen-bond acceptors (Lipinski definition) is 7. The van der Waals surface area contributed by atoms with Crippen LogP contribution in [0.15, 0.2) is 71.3 Å². The molecule has 8 nitrogen and oxygen atoms in total. The molecular formula is C24H21N3O5. The smallest absolute Gasteiger partial charge is 0.258 e. The quantitative estimate of drug-likeness (QED) is 0.454. The van der Waals surface area contributed by atoms with E-state index in [0.717, 1.165) is 5.56 Å². The number of nitrogens with one attached hydrogen (secondary N) is 1. The Morgan fingerprint density at radius 1 is 0.844 bits per heavy atom. The fourth-order valence-electron chi connectivity index (χ4n) is 3.20. The van der Waals surface area contributed by atoms with Gasteiger partial charge in [-0.15, -0.1) is 0 Å². The Labute approximate surface area is 184 Å². The predicted octanol–water partition coefficient (Wildman–Crippen LogP) is 4.68. The minimum absolute atomic E-state index is 0.316. The van der Waals surface area contributed by atoms with Crippen LogP contribution in [0.25, 0.3) is 22.8 Å². The molecular weight excluding hydrogens is 410 g/mol. The first-order valence-corrected chi connectivity index (χ1v) is 9.74. The molecule has 0 saturated heterocycles. The number of aromatic nitrogens is 2. The summed E-state index contributed by atoms with van der Waals surface area (Å²) in [6.45, 7) is 0. The highest BCUT2D eigenvalue weighted by Crippen LogP contribution is 2.40. The van der Waals surface area contributed by atoms with Gasteiger partial charge in [-0.25, -0.2) is 0 Å². The van der Waals surface area contributed by atoms with Crippen molar-refractivity contribution < 1.29 is 23.5 Å². The molecule has 0 saturated carbocycles. The van der Waals surface area contributed by atoms with E-state index in [0.29, 0.717) is 45.8 Å². The second-order valence-electron chi connectivity index (χ2n) is 6.74. The minimum atomic E-state index is -0.316. The molecule has 4 aromatic rings. The van der Waals surface area contributed by atoms with Crippen LogP contribution in [-0.4, -0.2) is 37.4 Å². The summed E-state index contributed by atoms with van der Waals surface area (Å²) in [7, 11) is 4.55. The van der Waals surface area contributed by atoms with Crippen LogP contribution in [0.5, 0.6) is 17.2 Å². The van der Waals surface area contributed by atoms with Crippen LogP contribution < -0.4 is 19.5 Å². The highest BCUT2D eigenvalue weighted by Gasteiger charge is 2.16. The van der Waals surface area contributed by atoms with E-state index in [-0.39, 0.29) is 5.91 Å². The van der Waals surface area contributed by atoms with Crippen molar-refractivity contribution in [2.45, 2.75) is 0 Å². The normalized spacial score (nSPS) is 10.5. The van der Waals surface area contributed by atoms with Gasteiger partial charge in [0.25, 0.3) is 11.8 Å². The molecule has 0 unspecified atom stereocenters. The number of rotatable bonds is 7. The van der Waals surface area contributed by atoms with Crippen LogP contribution >= 0.6 is 0 Å². The molecule has 0 bridgehead atoms. The van der Waals surface area contributed by atoms with E-state index in [4.69, 9.17) is 18.7 Å². The van der Waals surface area contributed by atoms with E-state index in [1.807, 2.05) is 30.3 Å². The number of anilines is 1. The zero-order chi connectivity index (χ0) is 22.5. The molecule has 0 radical (unpaired) electrons. The summed E-state index contributed by atoms with van der Waals surface area (Å²) in [5, 5.41) is 6.88. The summed E-state index contributed by atoms with van der Waals surface area (Å²) in [4.78, 5) is 17.3. The number of ether oxygens (including phenoxy) is 3. The molecule has 0 spiro atoms. The lowest BCUT2D eigenvalue weighted by atomic mass is 10.1. The molecule has 1 N–H and O–H groups in total. The van der Waals surface area contributed by atoms with E-state index < -0.39 is 0 Å². The number of carbonyl (C=O) groups excluding carboxylic acids is 1.